The molecule has 3 nitrogen and oxygen atoms in total. The van der Waals surface area contributed by atoms with Crippen molar-refractivity contribution in [3.05, 3.63) is 17.7 Å². The Bertz CT molecular complexity index is 341. The first kappa shape index (κ1) is 13.3. The van der Waals surface area contributed by atoms with Crippen LogP contribution in [0.25, 0.3) is 0 Å². The average molecular weight is 265 g/mol. The first-order valence-corrected chi connectivity index (χ1v) is 5.61. The highest BCUT2D eigenvalue weighted by Crippen LogP contribution is 2.41. The molecule has 2 atom stereocenters. The van der Waals surface area contributed by atoms with Gasteiger partial charge in [-0.1, -0.05) is 0 Å². The van der Waals surface area contributed by atoms with Gasteiger partial charge in [-0.05, 0) is 24.6 Å². The standard InChI is InChI=1S/C11H14Cl2O3/c1-6(12)10(13)7-4-8(15-2)11(14)9(5-7)16-3/h4-6,10,14H,1-3H3. The molecule has 90 valence electrons. The van der Waals surface area contributed by atoms with Gasteiger partial charge in [0.1, 0.15) is 0 Å². The first-order chi connectivity index (χ1) is 7.51. The number of methoxy groups -OCH3 is 2. The van der Waals surface area contributed by atoms with E-state index in [0.29, 0.717) is 11.5 Å². The van der Waals surface area contributed by atoms with Crippen LogP contribution in [0.4, 0.5) is 0 Å². The summed E-state index contributed by atoms with van der Waals surface area (Å²) in [6, 6.07) is 3.29. The Hall–Kier alpha value is -0.800. The Labute approximate surface area is 105 Å². The van der Waals surface area contributed by atoms with Crippen molar-refractivity contribution in [2.45, 2.75) is 17.7 Å². The lowest BCUT2D eigenvalue weighted by molar-refractivity contribution is 0.339. The van der Waals surface area contributed by atoms with E-state index in [4.69, 9.17) is 32.7 Å². The van der Waals surface area contributed by atoms with Crippen LogP contribution < -0.4 is 9.47 Å². The first-order valence-electron chi connectivity index (χ1n) is 4.74. The number of rotatable bonds is 4. The lowest BCUT2D eigenvalue weighted by atomic mass is 10.1. The molecule has 0 saturated heterocycles. The molecule has 0 heterocycles. The normalized spacial score (nSPS) is 14.3. The van der Waals surface area contributed by atoms with E-state index in [1.54, 1.807) is 19.1 Å². The number of halogens is 2. The van der Waals surface area contributed by atoms with Gasteiger partial charge in [-0.25, -0.2) is 0 Å². The minimum absolute atomic E-state index is 0.0418. The van der Waals surface area contributed by atoms with Gasteiger partial charge >= 0.3 is 0 Å². The fourth-order valence-corrected chi connectivity index (χ4v) is 1.61. The Kier molecular flexibility index (Phi) is 4.56. The summed E-state index contributed by atoms with van der Waals surface area (Å²) in [6.07, 6.45) is 0. The highest BCUT2D eigenvalue weighted by molar-refractivity contribution is 6.29. The highest BCUT2D eigenvalue weighted by Gasteiger charge is 2.19. The van der Waals surface area contributed by atoms with Gasteiger partial charge in [0, 0.05) is 0 Å². The Morgan fingerprint density at radius 3 is 1.88 bits per heavy atom. The highest BCUT2D eigenvalue weighted by atomic mass is 35.5. The van der Waals surface area contributed by atoms with Crippen molar-refractivity contribution in [2.24, 2.45) is 0 Å². The van der Waals surface area contributed by atoms with E-state index < -0.39 is 0 Å². The second kappa shape index (κ2) is 5.51. The van der Waals surface area contributed by atoms with Gasteiger partial charge in [0.25, 0.3) is 0 Å². The zero-order chi connectivity index (χ0) is 12.3. The molecule has 5 heteroatoms. The van der Waals surface area contributed by atoms with Crippen molar-refractivity contribution >= 4 is 23.2 Å². The molecule has 0 amide bonds. The molecule has 0 saturated carbocycles. The van der Waals surface area contributed by atoms with E-state index in [1.165, 1.54) is 14.2 Å². The average Bonchev–Trinajstić information content (AvgIpc) is 2.28. The van der Waals surface area contributed by atoms with E-state index in [0.717, 1.165) is 5.56 Å². The summed E-state index contributed by atoms with van der Waals surface area (Å²) < 4.78 is 10.1. The Morgan fingerprint density at radius 1 is 1.12 bits per heavy atom. The molecule has 0 aliphatic carbocycles. The lowest BCUT2D eigenvalue weighted by Gasteiger charge is -2.16. The maximum atomic E-state index is 9.71. The van der Waals surface area contributed by atoms with Crippen LogP contribution in [0, 0.1) is 0 Å². The molecule has 2 unspecified atom stereocenters. The summed E-state index contributed by atoms with van der Waals surface area (Å²) >= 11 is 12.0. The van der Waals surface area contributed by atoms with Crippen molar-refractivity contribution in [1.82, 2.24) is 0 Å². The van der Waals surface area contributed by atoms with Gasteiger partial charge in [-0.3, -0.25) is 0 Å². The molecule has 1 aromatic carbocycles. The molecule has 0 aromatic heterocycles. The second-order valence-corrected chi connectivity index (χ2v) is 4.51. The van der Waals surface area contributed by atoms with Crippen molar-refractivity contribution in [3.63, 3.8) is 0 Å². The molecule has 0 fully saturated rings. The zero-order valence-corrected chi connectivity index (χ0v) is 10.8. The van der Waals surface area contributed by atoms with E-state index in [1.807, 2.05) is 0 Å². The van der Waals surface area contributed by atoms with Crippen LogP contribution in [0.15, 0.2) is 12.1 Å². The summed E-state index contributed by atoms with van der Waals surface area (Å²) in [7, 11) is 2.93. The molecule has 0 bridgehead atoms. The van der Waals surface area contributed by atoms with Crippen molar-refractivity contribution < 1.29 is 14.6 Å². The summed E-state index contributed by atoms with van der Waals surface area (Å²) in [5.74, 6) is 0.592. The van der Waals surface area contributed by atoms with Crippen molar-refractivity contribution in [1.29, 1.82) is 0 Å². The van der Waals surface area contributed by atoms with Gasteiger partial charge in [-0.2, -0.15) is 0 Å². The van der Waals surface area contributed by atoms with Crippen LogP contribution in [0.3, 0.4) is 0 Å². The van der Waals surface area contributed by atoms with E-state index in [2.05, 4.69) is 0 Å². The number of phenolic OH excluding ortho intramolecular Hbond substituents is 1. The van der Waals surface area contributed by atoms with Crippen molar-refractivity contribution in [3.8, 4) is 17.2 Å². The number of hydrogen-bond donors (Lipinski definition) is 1. The number of aromatic hydroxyl groups is 1. The predicted molar refractivity (Wildman–Crippen MR) is 65.1 cm³/mol. The van der Waals surface area contributed by atoms with Crippen molar-refractivity contribution in [2.75, 3.05) is 14.2 Å². The monoisotopic (exact) mass is 264 g/mol. The van der Waals surface area contributed by atoms with Crippen LogP contribution in [0.5, 0.6) is 17.2 Å². The van der Waals surface area contributed by atoms with Gasteiger partial charge in [0.05, 0.1) is 25.0 Å². The number of phenols is 1. The van der Waals surface area contributed by atoms with E-state index in [-0.39, 0.29) is 16.5 Å². The van der Waals surface area contributed by atoms with Crippen LogP contribution >= 0.6 is 23.2 Å². The predicted octanol–water partition coefficient (Wildman–Crippen LogP) is 3.32. The molecular formula is C11H14Cl2O3. The van der Waals surface area contributed by atoms with Crippen LogP contribution in [0.2, 0.25) is 0 Å². The quantitative estimate of drug-likeness (QED) is 0.849. The molecule has 16 heavy (non-hydrogen) atoms. The Morgan fingerprint density at radius 2 is 1.56 bits per heavy atom. The van der Waals surface area contributed by atoms with Gasteiger partial charge in [0.2, 0.25) is 5.75 Å². The fourth-order valence-electron chi connectivity index (χ4n) is 1.34. The van der Waals surface area contributed by atoms with E-state index in [9.17, 15) is 5.11 Å². The summed E-state index contributed by atoms with van der Waals surface area (Å²) in [6.45, 7) is 1.80. The smallest absolute Gasteiger partial charge is 0.200 e. The second-order valence-electron chi connectivity index (χ2n) is 3.35. The molecule has 0 aliphatic rings. The maximum absolute atomic E-state index is 9.71. The maximum Gasteiger partial charge on any atom is 0.200 e. The minimum Gasteiger partial charge on any atom is -0.502 e. The van der Waals surface area contributed by atoms with Gasteiger partial charge < -0.3 is 14.6 Å². The number of hydrogen-bond acceptors (Lipinski definition) is 3. The van der Waals surface area contributed by atoms with Gasteiger partial charge in [0.15, 0.2) is 11.5 Å². The van der Waals surface area contributed by atoms with Crippen LogP contribution in [-0.4, -0.2) is 24.7 Å². The number of ether oxygens (including phenoxy) is 2. The third-order valence-corrected chi connectivity index (χ3v) is 3.23. The largest absolute Gasteiger partial charge is 0.502 e. The Balaban J connectivity index is 3.21. The minimum atomic E-state index is -0.370. The van der Waals surface area contributed by atoms with Crippen LogP contribution in [0.1, 0.15) is 17.9 Å². The molecule has 0 aliphatic heterocycles. The summed E-state index contributed by atoms with van der Waals surface area (Å²) in [5, 5.41) is 9.10. The third-order valence-electron chi connectivity index (χ3n) is 2.22. The molecule has 1 aromatic rings. The molecular weight excluding hydrogens is 251 g/mol. The zero-order valence-electron chi connectivity index (χ0n) is 9.33. The number of benzene rings is 1. The number of alkyl halides is 2. The molecule has 1 rings (SSSR count). The van der Waals surface area contributed by atoms with Crippen LogP contribution in [-0.2, 0) is 0 Å². The lowest BCUT2D eigenvalue weighted by Crippen LogP contribution is -2.03. The molecule has 0 spiro atoms. The van der Waals surface area contributed by atoms with Gasteiger partial charge in [-0.15, -0.1) is 23.2 Å². The summed E-state index contributed by atoms with van der Waals surface area (Å²) in [5.41, 5.74) is 0.746. The molecule has 1 N–H and O–H groups in total. The topological polar surface area (TPSA) is 38.7 Å². The fraction of sp³-hybridized carbons (Fsp3) is 0.455. The molecule has 0 radical (unpaired) electrons. The third kappa shape index (κ3) is 2.66. The van der Waals surface area contributed by atoms with E-state index >= 15 is 0 Å². The summed E-state index contributed by atoms with van der Waals surface area (Å²) in [4.78, 5) is 0. The SMILES string of the molecule is COc1cc(C(Cl)C(C)Cl)cc(OC)c1O.